The molecule has 0 radical (unpaired) electrons. The first-order chi connectivity index (χ1) is 11.8. The van der Waals surface area contributed by atoms with Crippen LogP contribution in [0, 0.1) is 6.92 Å². The number of nitrogens with one attached hydrogen (secondary N) is 1. The number of rotatable bonds is 4. The molecule has 0 bridgehead atoms. The van der Waals surface area contributed by atoms with Crippen LogP contribution >= 0.6 is 0 Å². The molecule has 0 aliphatic carbocycles. The van der Waals surface area contributed by atoms with Crippen molar-refractivity contribution >= 4 is 11.2 Å². The molecule has 1 N–H and O–H groups in total. The second-order valence-electron chi connectivity index (χ2n) is 6.34. The minimum absolute atomic E-state index is 0.431. The van der Waals surface area contributed by atoms with Crippen LogP contribution < -0.4 is 10.1 Å². The maximum Gasteiger partial charge on any atom is 0.160 e. The largest absolute Gasteiger partial charge is 0.486 e. The fraction of sp³-hybridized carbons (Fsp3) is 0.368. The summed E-state index contributed by atoms with van der Waals surface area (Å²) in [5, 5.41) is 3.43. The van der Waals surface area contributed by atoms with Crippen molar-refractivity contribution in [1.82, 2.24) is 19.9 Å². The number of aryl methyl sites for hydroxylation is 1. The topological polar surface area (TPSA) is 52.0 Å². The monoisotopic (exact) mass is 322 g/mol. The van der Waals surface area contributed by atoms with Gasteiger partial charge in [0.1, 0.15) is 23.7 Å². The summed E-state index contributed by atoms with van der Waals surface area (Å²) in [5.41, 5.74) is 3.06. The number of fused-ring (bicyclic) bond motifs is 1. The molecule has 1 aliphatic heterocycles. The Morgan fingerprint density at radius 3 is 2.79 bits per heavy atom. The summed E-state index contributed by atoms with van der Waals surface area (Å²) in [6.45, 7) is 4.59. The number of benzene rings is 1. The third kappa shape index (κ3) is 2.99. The Bertz CT molecular complexity index is 822. The Labute approximate surface area is 141 Å². The highest BCUT2D eigenvalue weighted by molar-refractivity contribution is 5.72. The van der Waals surface area contributed by atoms with Crippen LogP contribution in [0.2, 0.25) is 0 Å². The molecular weight excluding hydrogens is 300 g/mol. The molecule has 3 aromatic rings. The number of nitrogens with zero attached hydrogens (tertiary/aromatic N) is 3. The van der Waals surface area contributed by atoms with Crippen LogP contribution in [0.25, 0.3) is 11.2 Å². The summed E-state index contributed by atoms with van der Waals surface area (Å²) >= 11 is 0. The minimum Gasteiger partial charge on any atom is -0.486 e. The third-order valence-corrected chi connectivity index (χ3v) is 4.52. The van der Waals surface area contributed by atoms with Crippen molar-refractivity contribution in [2.75, 3.05) is 13.1 Å². The molecule has 124 valence electrons. The van der Waals surface area contributed by atoms with Gasteiger partial charge >= 0.3 is 0 Å². The van der Waals surface area contributed by atoms with Crippen LogP contribution in [0.15, 0.2) is 42.6 Å². The summed E-state index contributed by atoms with van der Waals surface area (Å²) in [7, 11) is 0. The summed E-state index contributed by atoms with van der Waals surface area (Å²) in [6, 6.07) is 12.4. The van der Waals surface area contributed by atoms with E-state index in [1.54, 1.807) is 0 Å². The average molecular weight is 322 g/mol. The number of ether oxygens (including phenoxy) is 1. The molecule has 0 saturated carbocycles. The van der Waals surface area contributed by atoms with E-state index in [2.05, 4.69) is 27.9 Å². The van der Waals surface area contributed by atoms with Crippen molar-refractivity contribution in [3.63, 3.8) is 0 Å². The van der Waals surface area contributed by atoms with E-state index >= 15 is 0 Å². The lowest BCUT2D eigenvalue weighted by Gasteiger charge is -2.25. The molecule has 0 unspecified atom stereocenters. The maximum atomic E-state index is 5.96. The fourth-order valence-corrected chi connectivity index (χ4v) is 3.34. The van der Waals surface area contributed by atoms with Gasteiger partial charge in [-0.25, -0.2) is 9.97 Å². The SMILES string of the molecule is Cc1cnc2c(c1)nc(COc1ccccc1)n2C1CCNCC1. The fourth-order valence-electron chi connectivity index (χ4n) is 3.34. The number of imidazole rings is 1. The molecule has 24 heavy (non-hydrogen) atoms. The molecule has 0 atom stereocenters. The molecule has 1 fully saturated rings. The predicted octanol–water partition coefficient (Wildman–Crippen LogP) is 3.24. The highest BCUT2D eigenvalue weighted by atomic mass is 16.5. The molecule has 4 rings (SSSR count). The average Bonchev–Trinajstić information content (AvgIpc) is 2.99. The normalized spacial score (nSPS) is 15.7. The number of aromatic nitrogens is 3. The van der Waals surface area contributed by atoms with Crippen LogP contribution in [0.3, 0.4) is 0 Å². The van der Waals surface area contributed by atoms with Crippen molar-refractivity contribution in [1.29, 1.82) is 0 Å². The summed E-state index contributed by atoms with van der Waals surface area (Å²) in [6.07, 6.45) is 4.11. The lowest BCUT2D eigenvalue weighted by molar-refractivity contribution is 0.276. The van der Waals surface area contributed by atoms with Gasteiger partial charge in [-0.1, -0.05) is 18.2 Å². The molecule has 1 saturated heterocycles. The number of hydrogen-bond donors (Lipinski definition) is 1. The molecular formula is C19H22N4O. The van der Waals surface area contributed by atoms with E-state index in [-0.39, 0.29) is 0 Å². The van der Waals surface area contributed by atoms with Crippen LogP contribution in [0.5, 0.6) is 5.75 Å². The maximum absolute atomic E-state index is 5.96. The van der Waals surface area contributed by atoms with Crippen LogP contribution in [-0.4, -0.2) is 27.6 Å². The Hall–Kier alpha value is -2.40. The summed E-state index contributed by atoms with van der Waals surface area (Å²) in [4.78, 5) is 9.47. The van der Waals surface area contributed by atoms with Gasteiger partial charge in [0.25, 0.3) is 0 Å². The molecule has 5 nitrogen and oxygen atoms in total. The zero-order valence-electron chi connectivity index (χ0n) is 13.9. The molecule has 1 aliphatic rings. The van der Waals surface area contributed by atoms with Gasteiger partial charge in [-0.15, -0.1) is 0 Å². The second kappa shape index (κ2) is 6.61. The molecule has 5 heteroatoms. The van der Waals surface area contributed by atoms with Gasteiger partial charge < -0.3 is 14.6 Å². The van der Waals surface area contributed by atoms with E-state index in [1.807, 2.05) is 36.5 Å². The summed E-state index contributed by atoms with van der Waals surface area (Å²) < 4.78 is 8.25. The van der Waals surface area contributed by atoms with Crippen LogP contribution in [0.1, 0.15) is 30.3 Å². The lowest BCUT2D eigenvalue weighted by Crippen LogP contribution is -2.30. The highest BCUT2D eigenvalue weighted by Crippen LogP contribution is 2.27. The Kier molecular flexibility index (Phi) is 4.17. The van der Waals surface area contributed by atoms with E-state index in [0.717, 1.165) is 54.2 Å². The molecule has 3 heterocycles. The molecule has 0 spiro atoms. The van der Waals surface area contributed by atoms with Gasteiger partial charge in [0.15, 0.2) is 5.65 Å². The Morgan fingerprint density at radius 1 is 1.21 bits per heavy atom. The first kappa shape index (κ1) is 15.1. The van der Waals surface area contributed by atoms with E-state index in [0.29, 0.717) is 12.6 Å². The quantitative estimate of drug-likeness (QED) is 0.801. The van der Waals surface area contributed by atoms with E-state index in [4.69, 9.17) is 9.72 Å². The Morgan fingerprint density at radius 2 is 2.00 bits per heavy atom. The van der Waals surface area contributed by atoms with E-state index < -0.39 is 0 Å². The lowest BCUT2D eigenvalue weighted by atomic mass is 10.1. The van der Waals surface area contributed by atoms with Gasteiger partial charge in [0.05, 0.1) is 0 Å². The first-order valence-corrected chi connectivity index (χ1v) is 8.53. The Balaban J connectivity index is 1.69. The van der Waals surface area contributed by atoms with Crippen LogP contribution in [0.4, 0.5) is 0 Å². The number of hydrogen-bond acceptors (Lipinski definition) is 4. The minimum atomic E-state index is 0.431. The van der Waals surface area contributed by atoms with Crippen molar-refractivity contribution in [3.05, 3.63) is 54.0 Å². The second-order valence-corrected chi connectivity index (χ2v) is 6.34. The zero-order valence-corrected chi connectivity index (χ0v) is 13.9. The van der Waals surface area contributed by atoms with Gasteiger partial charge in [0.2, 0.25) is 0 Å². The molecule has 2 aromatic heterocycles. The zero-order chi connectivity index (χ0) is 16.4. The number of pyridine rings is 1. The van der Waals surface area contributed by atoms with Gasteiger partial charge in [-0.2, -0.15) is 0 Å². The van der Waals surface area contributed by atoms with Gasteiger partial charge in [-0.05, 0) is 56.6 Å². The first-order valence-electron chi connectivity index (χ1n) is 8.53. The van der Waals surface area contributed by atoms with E-state index in [1.165, 1.54) is 0 Å². The van der Waals surface area contributed by atoms with Crippen molar-refractivity contribution in [2.45, 2.75) is 32.4 Å². The smallest absolute Gasteiger partial charge is 0.160 e. The summed E-state index contributed by atoms with van der Waals surface area (Å²) in [5.74, 6) is 1.82. The van der Waals surface area contributed by atoms with Crippen molar-refractivity contribution in [3.8, 4) is 5.75 Å². The number of para-hydroxylation sites is 1. The highest BCUT2D eigenvalue weighted by Gasteiger charge is 2.22. The van der Waals surface area contributed by atoms with Crippen molar-refractivity contribution in [2.24, 2.45) is 0 Å². The third-order valence-electron chi connectivity index (χ3n) is 4.52. The molecule has 0 amide bonds. The van der Waals surface area contributed by atoms with Gasteiger partial charge in [-0.3, -0.25) is 0 Å². The van der Waals surface area contributed by atoms with Crippen LogP contribution in [-0.2, 0) is 6.61 Å². The molecule has 1 aromatic carbocycles. The van der Waals surface area contributed by atoms with E-state index in [9.17, 15) is 0 Å². The predicted molar refractivity (Wildman–Crippen MR) is 94.2 cm³/mol. The van der Waals surface area contributed by atoms with Gasteiger partial charge in [0, 0.05) is 12.2 Å². The number of piperidine rings is 1. The standard InChI is InChI=1S/C19H22N4O/c1-14-11-17-19(21-12-14)23(15-7-9-20-10-8-15)18(22-17)13-24-16-5-3-2-4-6-16/h2-6,11-12,15,20H,7-10,13H2,1H3. The van der Waals surface area contributed by atoms with Crippen molar-refractivity contribution < 1.29 is 4.74 Å².